The summed E-state index contributed by atoms with van der Waals surface area (Å²) >= 11 is 0. The van der Waals surface area contributed by atoms with Crippen LogP contribution in [-0.2, 0) is 4.74 Å². The third-order valence-corrected chi connectivity index (χ3v) is 2.22. The van der Waals surface area contributed by atoms with Gasteiger partial charge in [0.1, 0.15) is 0 Å². The number of ether oxygens (including phenoxy) is 1. The molecule has 0 atom stereocenters. The van der Waals surface area contributed by atoms with Gasteiger partial charge in [-0.3, -0.25) is 0 Å². The summed E-state index contributed by atoms with van der Waals surface area (Å²) in [6.07, 6.45) is 1.11. The molecule has 54 valence electrons. The molecule has 0 aliphatic carbocycles. The largest absolute Gasteiger partial charge is 0.463 e. The molecule has 9 heavy (non-hydrogen) atoms. The van der Waals surface area contributed by atoms with Gasteiger partial charge in [0.25, 0.3) is 0 Å². The van der Waals surface area contributed by atoms with Gasteiger partial charge in [-0.2, -0.15) is 7.05 Å². The van der Waals surface area contributed by atoms with Crippen molar-refractivity contribution in [2.45, 2.75) is 18.9 Å². The highest BCUT2D eigenvalue weighted by Crippen LogP contribution is 2.15. The van der Waals surface area contributed by atoms with Crippen LogP contribution in [0.4, 0.5) is 0 Å². The summed E-state index contributed by atoms with van der Waals surface area (Å²) in [4.78, 5) is 1.33. The zero-order chi connectivity index (χ0) is 6.91. The van der Waals surface area contributed by atoms with Crippen LogP contribution in [-0.4, -0.2) is 25.8 Å². The Bertz CT molecular complexity index is 91.1. The van der Waals surface area contributed by atoms with Gasteiger partial charge in [-0.05, 0) is 6.42 Å². The number of methoxy groups -OCH3 is 1. The zero-order valence-electron chi connectivity index (χ0n) is 6.24. The quantitative estimate of drug-likeness (QED) is 0.495. The zero-order valence-corrected chi connectivity index (χ0v) is 6.24. The van der Waals surface area contributed by atoms with E-state index in [1.54, 1.807) is 7.11 Å². The normalized spacial score (nSPS) is 42.3. The summed E-state index contributed by atoms with van der Waals surface area (Å²) in [5.41, 5.74) is 0.178. The molecular weight excluding hydrogens is 114 g/mol. The van der Waals surface area contributed by atoms with Crippen LogP contribution >= 0.6 is 0 Å². The highest BCUT2D eigenvalue weighted by atomic mass is 16.5. The van der Waals surface area contributed by atoms with E-state index in [1.165, 1.54) is 4.90 Å². The minimum Gasteiger partial charge on any atom is -0.463 e. The van der Waals surface area contributed by atoms with Crippen molar-refractivity contribution < 1.29 is 9.64 Å². The SMILES string of the molecule is [CH2-][NH+]1CC(CC)(OC)C1. The monoisotopic (exact) mass is 129 g/mol. The lowest BCUT2D eigenvalue weighted by Crippen LogP contribution is -3.20. The predicted octanol–water partition coefficient (Wildman–Crippen LogP) is -0.528. The molecule has 1 N–H and O–H groups in total. The maximum atomic E-state index is 5.33. The van der Waals surface area contributed by atoms with Gasteiger partial charge in [-0.1, -0.05) is 6.92 Å². The Morgan fingerprint density at radius 2 is 2.22 bits per heavy atom. The van der Waals surface area contributed by atoms with Crippen LogP contribution < -0.4 is 4.90 Å². The molecule has 0 radical (unpaired) electrons. The second-order valence-corrected chi connectivity index (χ2v) is 2.84. The van der Waals surface area contributed by atoms with E-state index in [4.69, 9.17) is 4.74 Å². The molecule has 1 aliphatic rings. The van der Waals surface area contributed by atoms with E-state index >= 15 is 0 Å². The van der Waals surface area contributed by atoms with Crippen molar-refractivity contribution in [1.82, 2.24) is 0 Å². The molecule has 2 heteroatoms. The van der Waals surface area contributed by atoms with Crippen LogP contribution in [0.5, 0.6) is 0 Å². The van der Waals surface area contributed by atoms with Gasteiger partial charge in [-0.25, -0.2) is 0 Å². The standard InChI is InChI=1S/C7H15NO/c1-4-7(9-3)5-8(2)6-7/h8H,2,4-6H2,1,3H3. The van der Waals surface area contributed by atoms with E-state index in [9.17, 15) is 0 Å². The Kier molecular flexibility index (Phi) is 1.78. The highest BCUT2D eigenvalue weighted by molar-refractivity contribution is 4.83. The fraction of sp³-hybridized carbons (Fsp3) is 0.857. The van der Waals surface area contributed by atoms with Gasteiger partial charge in [0.2, 0.25) is 0 Å². The summed E-state index contributed by atoms with van der Waals surface area (Å²) < 4.78 is 5.33. The summed E-state index contributed by atoms with van der Waals surface area (Å²) in [6.45, 7) is 4.30. The van der Waals surface area contributed by atoms with Crippen molar-refractivity contribution in [1.29, 1.82) is 0 Å². The Labute approximate surface area is 56.8 Å². The molecule has 1 heterocycles. The number of likely N-dealkylation sites (tertiary alicyclic amines) is 1. The Balaban J connectivity index is 2.36. The van der Waals surface area contributed by atoms with Crippen LogP contribution in [0, 0.1) is 7.05 Å². The topological polar surface area (TPSA) is 13.7 Å². The van der Waals surface area contributed by atoms with Crippen LogP contribution in [0.25, 0.3) is 0 Å². The lowest BCUT2D eigenvalue weighted by Gasteiger charge is -2.47. The molecule has 1 fully saturated rings. The van der Waals surface area contributed by atoms with Gasteiger partial charge < -0.3 is 9.64 Å². The molecule has 2 nitrogen and oxygen atoms in total. The third kappa shape index (κ3) is 1.10. The summed E-state index contributed by atoms with van der Waals surface area (Å²) in [7, 11) is 5.66. The van der Waals surface area contributed by atoms with Crippen molar-refractivity contribution in [2.24, 2.45) is 0 Å². The van der Waals surface area contributed by atoms with E-state index in [1.807, 2.05) is 0 Å². The van der Waals surface area contributed by atoms with Gasteiger partial charge >= 0.3 is 0 Å². The van der Waals surface area contributed by atoms with Crippen LogP contribution in [0.3, 0.4) is 0 Å². The van der Waals surface area contributed by atoms with Crippen molar-refractivity contribution >= 4 is 0 Å². The maximum Gasteiger partial charge on any atom is 0.160 e. The van der Waals surface area contributed by atoms with Crippen LogP contribution in [0.1, 0.15) is 13.3 Å². The Morgan fingerprint density at radius 1 is 1.67 bits per heavy atom. The maximum absolute atomic E-state index is 5.33. The second-order valence-electron chi connectivity index (χ2n) is 2.84. The third-order valence-electron chi connectivity index (χ3n) is 2.22. The first-order valence-electron chi connectivity index (χ1n) is 3.44. The summed E-state index contributed by atoms with van der Waals surface area (Å²) in [5.74, 6) is 0. The minimum atomic E-state index is 0.178. The minimum absolute atomic E-state index is 0.178. The van der Waals surface area contributed by atoms with Crippen molar-refractivity contribution in [3.8, 4) is 0 Å². The molecule has 1 aliphatic heterocycles. The van der Waals surface area contributed by atoms with E-state index in [0.29, 0.717) is 0 Å². The lowest BCUT2D eigenvalue weighted by atomic mass is 9.92. The number of nitrogens with one attached hydrogen (secondary N) is 1. The number of rotatable bonds is 2. The van der Waals surface area contributed by atoms with Crippen LogP contribution in [0.2, 0.25) is 0 Å². The first-order chi connectivity index (χ1) is 4.22. The predicted molar refractivity (Wildman–Crippen MR) is 36.1 cm³/mol. The fourth-order valence-electron chi connectivity index (χ4n) is 1.40. The molecular formula is C7H15NO. The van der Waals surface area contributed by atoms with E-state index < -0.39 is 0 Å². The van der Waals surface area contributed by atoms with Gasteiger partial charge in [0, 0.05) is 7.11 Å². The van der Waals surface area contributed by atoms with E-state index in [0.717, 1.165) is 19.5 Å². The number of hydrogen-bond acceptors (Lipinski definition) is 1. The number of quaternary nitrogens is 1. The molecule has 0 bridgehead atoms. The molecule has 0 unspecified atom stereocenters. The Morgan fingerprint density at radius 3 is 2.33 bits per heavy atom. The van der Waals surface area contributed by atoms with Crippen molar-refractivity contribution in [3.05, 3.63) is 7.05 Å². The van der Waals surface area contributed by atoms with Crippen LogP contribution in [0.15, 0.2) is 0 Å². The molecule has 0 aromatic heterocycles. The van der Waals surface area contributed by atoms with Gasteiger partial charge in [-0.15, -0.1) is 0 Å². The van der Waals surface area contributed by atoms with Crippen molar-refractivity contribution in [3.63, 3.8) is 0 Å². The summed E-state index contributed by atoms with van der Waals surface area (Å²) in [5, 5.41) is 0. The van der Waals surface area contributed by atoms with Crippen molar-refractivity contribution in [2.75, 3.05) is 20.2 Å². The average Bonchev–Trinajstić information content (AvgIpc) is 1.81. The lowest BCUT2D eigenvalue weighted by molar-refractivity contribution is -0.919. The highest BCUT2D eigenvalue weighted by Gasteiger charge is 2.41. The molecule has 1 rings (SSSR count). The molecule has 0 spiro atoms. The Hall–Kier alpha value is -0.0800. The fourth-order valence-corrected chi connectivity index (χ4v) is 1.40. The molecule has 0 amide bonds. The number of hydrogen-bond donors (Lipinski definition) is 1. The molecule has 0 aromatic carbocycles. The average molecular weight is 129 g/mol. The molecule has 0 saturated carbocycles. The molecule has 0 aromatic rings. The first kappa shape index (κ1) is 7.03. The first-order valence-corrected chi connectivity index (χ1v) is 3.44. The van der Waals surface area contributed by atoms with Gasteiger partial charge in [0.15, 0.2) is 5.60 Å². The second kappa shape index (κ2) is 2.27. The summed E-state index contributed by atoms with van der Waals surface area (Å²) in [6, 6.07) is 0. The molecule has 1 saturated heterocycles. The van der Waals surface area contributed by atoms with E-state index in [2.05, 4.69) is 14.0 Å². The van der Waals surface area contributed by atoms with E-state index in [-0.39, 0.29) is 5.60 Å². The smallest absolute Gasteiger partial charge is 0.160 e. The van der Waals surface area contributed by atoms with Gasteiger partial charge in [0.05, 0.1) is 13.1 Å².